The van der Waals surface area contributed by atoms with Crippen LogP contribution in [-0.4, -0.2) is 51.5 Å². The molecule has 0 saturated carbocycles. The number of thiol groups is 3. The van der Waals surface area contributed by atoms with E-state index in [1.54, 1.807) is 0 Å². The van der Waals surface area contributed by atoms with Gasteiger partial charge in [0, 0.05) is 13.1 Å². The standard InChI is InChI=1S/C4H11NO2.C3H3N3S3/c6-3-1-5-2-4-7;7-1-4-2(8)6-3(9)5-1/h5-7H,1-4H2;(H3,4,5,6,7,8,9). The Morgan fingerprint density at radius 2 is 1.12 bits per heavy atom. The summed E-state index contributed by atoms with van der Waals surface area (Å²) in [4.78, 5) is 11.1. The molecule has 0 spiro atoms. The van der Waals surface area contributed by atoms with Gasteiger partial charge in [0.15, 0.2) is 15.5 Å². The highest BCUT2D eigenvalue weighted by Gasteiger charge is 1.94. The van der Waals surface area contributed by atoms with Gasteiger partial charge >= 0.3 is 0 Å². The molecule has 0 fully saturated rings. The zero-order valence-corrected chi connectivity index (χ0v) is 11.1. The number of aliphatic hydroxyl groups excluding tert-OH is 2. The van der Waals surface area contributed by atoms with Gasteiger partial charge in [0.05, 0.1) is 13.2 Å². The summed E-state index contributed by atoms with van der Waals surface area (Å²) >= 11 is 11.6. The highest BCUT2D eigenvalue weighted by atomic mass is 32.1. The monoisotopic (exact) mass is 282 g/mol. The molecule has 0 unspecified atom stereocenters. The van der Waals surface area contributed by atoms with E-state index in [9.17, 15) is 0 Å². The predicted octanol–water partition coefficient (Wildman–Crippen LogP) is -0.702. The maximum Gasteiger partial charge on any atom is 0.189 e. The Kier molecular flexibility index (Phi) is 10.1. The summed E-state index contributed by atoms with van der Waals surface area (Å²) in [5.74, 6) is 0. The number of aromatic nitrogens is 3. The van der Waals surface area contributed by atoms with E-state index in [-0.39, 0.29) is 13.2 Å². The highest BCUT2D eigenvalue weighted by molar-refractivity contribution is 7.81. The lowest BCUT2D eigenvalue weighted by atomic mass is 10.6. The second kappa shape index (κ2) is 10.1. The fraction of sp³-hybridized carbons (Fsp3) is 0.571. The van der Waals surface area contributed by atoms with Crippen molar-refractivity contribution in [2.24, 2.45) is 0 Å². The van der Waals surface area contributed by atoms with Crippen LogP contribution in [0.5, 0.6) is 0 Å². The van der Waals surface area contributed by atoms with Gasteiger partial charge in [0.1, 0.15) is 0 Å². The van der Waals surface area contributed by atoms with E-state index in [1.807, 2.05) is 0 Å². The number of nitrogens with one attached hydrogen (secondary N) is 1. The Balaban J connectivity index is 0.000000293. The van der Waals surface area contributed by atoms with E-state index in [0.29, 0.717) is 28.6 Å². The van der Waals surface area contributed by atoms with Crippen LogP contribution in [0.15, 0.2) is 15.5 Å². The van der Waals surface area contributed by atoms with Crippen LogP contribution in [-0.2, 0) is 0 Å². The molecule has 0 atom stereocenters. The molecule has 0 radical (unpaired) electrons. The molecule has 1 heterocycles. The van der Waals surface area contributed by atoms with Crippen molar-refractivity contribution >= 4 is 37.9 Å². The number of hydrogen-bond acceptors (Lipinski definition) is 9. The summed E-state index contributed by atoms with van der Waals surface area (Å²) in [5, 5.41) is 20.1. The van der Waals surface area contributed by atoms with Gasteiger partial charge in [-0.2, -0.15) is 15.0 Å². The van der Waals surface area contributed by atoms with Gasteiger partial charge in [-0.3, -0.25) is 0 Å². The second-order valence-electron chi connectivity index (χ2n) is 2.43. The molecule has 0 saturated heterocycles. The van der Waals surface area contributed by atoms with Crippen LogP contribution in [0.4, 0.5) is 0 Å². The summed E-state index contributed by atoms with van der Waals surface area (Å²) in [6.07, 6.45) is 0. The molecule has 3 N–H and O–H groups in total. The van der Waals surface area contributed by atoms with Gasteiger partial charge in [0.25, 0.3) is 0 Å². The molecule has 0 aliphatic heterocycles. The van der Waals surface area contributed by atoms with Gasteiger partial charge in [-0.25, -0.2) is 0 Å². The number of nitrogens with zero attached hydrogens (tertiary/aromatic N) is 3. The summed E-state index contributed by atoms with van der Waals surface area (Å²) in [6.45, 7) is 1.42. The third-order valence-electron chi connectivity index (χ3n) is 1.18. The fourth-order valence-electron chi connectivity index (χ4n) is 0.626. The first-order valence-electron chi connectivity index (χ1n) is 4.35. The van der Waals surface area contributed by atoms with Crippen molar-refractivity contribution in [3.63, 3.8) is 0 Å². The van der Waals surface area contributed by atoms with Crippen molar-refractivity contribution in [1.82, 2.24) is 20.3 Å². The molecular weight excluding hydrogens is 268 g/mol. The minimum Gasteiger partial charge on any atom is -0.395 e. The SMILES string of the molecule is OCCNCCO.Sc1nc(S)nc(S)n1. The van der Waals surface area contributed by atoms with E-state index >= 15 is 0 Å². The average Bonchev–Trinajstić information content (AvgIpc) is 2.17. The summed E-state index contributed by atoms with van der Waals surface area (Å²) in [7, 11) is 0. The maximum absolute atomic E-state index is 8.15. The minimum atomic E-state index is 0.139. The van der Waals surface area contributed by atoms with Crippen molar-refractivity contribution < 1.29 is 10.2 Å². The molecule has 0 amide bonds. The second-order valence-corrected chi connectivity index (χ2v) is 3.63. The molecule has 9 heteroatoms. The van der Waals surface area contributed by atoms with E-state index < -0.39 is 0 Å². The quantitative estimate of drug-likeness (QED) is 0.323. The zero-order chi connectivity index (χ0) is 12.4. The number of hydrogen-bond donors (Lipinski definition) is 6. The summed E-state index contributed by atoms with van der Waals surface area (Å²) < 4.78 is 0. The zero-order valence-electron chi connectivity index (χ0n) is 8.41. The first-order chi connectivity index (χ1) is 7.60. The van der Waals surface area contributed by atoms with Crippen LogP contribution < -0.4 is 5.32 Å². The van der Waals surface area contributed by atoms with Crippen LogP contribution in [0.3, 0.4) is 0 Å². The average molecular weight is 282 g/mol. The molecule has 0 aliphatic carbocycles. The van der Waals surface area contributed by atoms with Crippen LogP contribution in [0, 0.1) is 0 Å². The molecule has 1 rings (SSSR count). The molecule has 1 aromatic heterocycles. The molecule has 92 valence electrons. The van der Waals surface area contributed by atoms with E-state index in [4.69, 9.17) is 10.2 Å². The fourth-order valence-corrected chi connectivity index (χ4v) is 1.43. The van der Waals surface area contributed by atoms with Gasteiger partial charge in [0.2, 0.25) is 0 Å². The van der Waals surface area contributed by atoms with Gasteiger partial charge < -0.3 is 15.5 Å². The molecule has 0 aromatic carbocycles. The Morgan fingerprint density at radius 3 is 1.38 bits per heavy atom. The van der Waals surface area contributed by atoms with Crippen molar-refractivity contribution in [1.29, 1.82) is 0 Å². The van der Waals surface area contributed by atoms with Crippen LogP contribution in [0.2, 0.25) is 0 Å². The Bertz CT molecular complexity index is 248. The lowest BCUT2D eigenvalue weighted by molar-refractivity contribution is 0.267. The molecule has 6 nitrogen and oxygen atoms in total. The van der Waals surface area contributed by atoms with Crippen molar-refractivity contribution in [3.8, 4) is 0 Å². The molecule has 16 heavy (non-hydrogen) atoms. The third-order valence-corrected chi connectivity index (χ3v) is 1.78. The van der Waals surface area contributed by atoms with Crippen molar-refractivity contribution in [2.75, 3.05) is 26.3 Å². The molecule has 0 aliphatic rings. The van der Waals surface area contributed by atoms with Crippen molar-refractivity contribution in [3.05, 3.63) is 0 Å². The lowest BCUT2D eigenvalue weighted by Gasteiger charge is -1.94. The highest BCUT2D eigenvalue weighted by Crippen LogP contribution is 2.04. The number of aliphatic hydroxyl groups is 2. The summed E-state index contributed by atoms with van der Waals surface area (Å²) in [6, 6.07) is 0. The van der Waals surface area contributed by atoms with Gasteiger partial charge in [-0.15, -0.1) is 37.9 Å². The first kappa shape index (κ1) is 15.9. The Morgan fingerprint density at radius 1 is 0.812 bits per heavy atom. The summed E-state index contributed by atoms with van der Waals surface area (Å²) in [5.41, 5.74) is 0. The lowest BCUT2D eigenvalue weighted by Crippen LogP contribution is -2.21. The largest absolute Gasteiger partial charge is 0.395 e. The smallest absolute Gasteiger partial charge is 0.189 e. The maximum atomic E-state index is 8.15. The van der Waals surface area contributed by atoms with Crippen LogP contribution in [0.25, 0.3) is 0 Å². The normalized spacial score (nSPS) is 9.56. The molecular formula is C7H14N4O2S3. The number of rotatable bonds is 4. The van der Waals surface area contributed by atoms with Gasteiger partial charge in [-0.05, 0) is 0 Å². The van der Waals surface area contributed by atoms with Crippen LogP contribution in [0.1, 0.15) is 0 Å². The molecule has 0 bridgehead atoms. The predicted molar refractivity (Wildman–Crippen MR) is 68.6 cm³/mol. The van der Waals surface area contributed by atoms with E-state index in [0.717, 1.165) is 0 Å². The van der Waals surface area contributed by atoms with Crippen molar-refractivity contribution in [2.45, 2.75) is 15.5 Å². The van der Waals surface area contributed by atoms with E-state index in [1.165, 1.54) is 0 Å². The van der Waals surface area contributed by atoms with Crippen LogP contribution >= 0.6 is 37.9 Å². The third kappa shape index (κ3) is 9.19. The Labute approximate surface area is 110 Å². The minimum absolute atomic E-state index is 0.139. The van der Waals surface area contributed by atoms with Gasteiger partial charge in [-0.1, -0.05) is 0 Å². The molecule has 1 aromatic rings. The first-order valence-corrected chi connectivity index (χ1v) is 5.69. The Hall–Kier alpha value is -0.0600. The topological polar surface area (TPSA) is 91.2 Å². The van der Waals surface area contributed by atoms with E-state index in [2.05, 4.69) is 58.2 Å².